The van der Waals surface area contributed by atoms with E-state index < -0.39 is 0 Å². The number of likely N-dealkylation sites (tertiary alicyclic amines) is 1. The molecule has 1 aromatic carbocycles. The third-order valence-corrected chi connectivity index (χ3v) is 5.73. The molecule has 12 heteroatoms. The fourth-order valence-electron chi connectivity index (χ4n) is 3.69. The number of carbonyl (C=O) groups is 1. The molecule has 0 radical (unpaired) electrons. The van der Waals surface area contributed by atoms with Crippen molar-refractivity contribution in [3.8, 4) is 11.6 Å². The van der Waals surface area contributed by atoms with Crippen LogP contribution in [0.3, 0.4) is 0 Å². The maximum Gasteiger partial charge on any atom is 0.255 e. The monoisotopic (exact) mass is 482 g/mol. The Morgan fingerprint density at radius 1 is 1.39 bits per heavy atom. The molecule has 1 aromatic heterocycles. The predicted octanol–water partition coefficient (Wildman–Crippen LogP) is 0.923. The number of anilines is 2. The fourth-order valence-corrected chi connectivity index (χ4v) is 3.85. The van der Waals surface area contributed by atoms with Crippen LogP contribution >= 0.6 is 11.6 Å². The van der Waals surface area contributed by atoms with Gasteiger partial charge in [0.25, 0.3) is 5.91 Å². The van der Waals surface area contributed by atoms with Gasteiger partial charge in [-0.1, -0.05) is 11.6 Å². The van der Waals surface area contributed by atoms with Crippen LogP contribution in [0, 0.1) is 0 Å². The van der Waals surface area contributed by atoms with Crippen LogP contribution in [-0.2, 0) is 4.74 Å². The van der Waals surface area contributed by atoms with E-state index in [1.165, 1.54) is 25.4 Å². The molecule has 1 amide bonds. The molecule has 0 unspecified atom stereocenters. The first-order chi connectivity index (χ1) is 15.4. The maximum atomic E-state index is 12.9. The Bertz CT molecular complexity index is 934. The SMILES string of the molecule is COc1cc(N)c(Cl)cc1C(=O)N[C@H]1CCN(CCCNc2nccc(O)n2)C[C@H]1OC.O. The third kappa shape index (κ3) is 7.06. The smallest absolute Gasteiger partial charge is 0.255 e. The van der Waals surface area contributed by atoms with Crippen LogP contribution in [0.2, 0.25) is 5.02 Å². The molecule has 2 atom stereocenters. The summed E-state index contributed by atoms with van der Waals surface area (Å²) >= 11 is 6.09. The van der Waals surface area contributed by atoms with Crippen molar-refractivity contribution in [2.45, 2.75) is 25.0 Å². The van der Waals surface area contributed by atoms with Gasteiger partial charge in [-0.2, -0.15) is 4.98 Å². The Morgan fingerprint density at radius 2 is 2.18 bits per heavy atom. The molecule has 1 aliphatic rings. The number of hydrogen-bond acceptors (Lipinski definition) is 9. The van der Waals surface area contributed by atoms with Gasteiger partial charge in [0.15, 0.2) is 0 Å². The van der Waals surface area contributed by atoms with Gasteiger partial charge < -0.3 is 41.3 Å². The van der Waals surface area contributed by atoms with E-state index in [0.717, 1.165) is 25.9 Å². The lowest BCUT2D eigenvalue weighted by Crippen LogP contribution is -2.55. The van der Waals surface area contributed by atoms with E-state index in [1.54, 1.807) is 13.2 Å². The number of carbonyl (C=O) groups excluding carboxylic acids is 1. The number of nitrogens with zero attached hydrogens (tertiary/aromatic N) is 3. The molecule has 2 aromatic rings. The zero-order valence-corrected chi connectivity index (χ0v) is 19.4. The number of piperidine rings is 1. The van der Waals surface area contributed by atoms with Crippen LogP contribution in [0.1, 0.15) is 23.2 Å². The maximum absolute atomic E-state index is 12.9. The highest BCUT2D eigenvalue weighted by atomic mass is 35.5. The number of rotatable bonds is 9. The summed E-state index contributed by atoms with van der Waals surface area (Å²) in [6.07, 6.45) is 2.97. The average Bonchev–Trinajstić information content (AvgIpc) is 2.79. The molecule has 1 saturated heterocycles. The first-order valence-electron chi connectivity index (χ1n) is 10.4. The number of amides is 1. The van der Waals surface area contributed by atoms with Crippen molar-refractivity contribution >= 4 is 29.1 Å². The van der Waals surface area contributed by atoms with Crippen LogP contribution < -0.4 is 21.1 Å². The Kier molecular flexibility index (Phi) is 9.92. The number of ether oxygens (including phenoxy) is 2. The Hall–Kier alpha value is -2.86. The molecule has 182 valence electrons. The Morgan fingerprint density at radius 3 is 2.88 bits per heavy atom. The summed E-state index contributed by atoms with van der Waals surface area (Å²) in [5, 5.41) is 15.8. The van der Waals surface area contributed by atoms with Gasteiger partial charge in [-0.25, -0.2) is 4.98 Å². The van der Waals surface area contributed by atoms with E-state index in [0.29, 0.717) is 41.1 Å². The number of aromatic hydroxyl groups is 1. The highest BCUT2D eigenvalue weighted by Crippen LogP contribution is 2.29. The molecule has 0 aliphatic carbocycles. The largest absolute Gasteiger partial charge is 0.496 e. The molecule has 7 N–H and O–H groups in total. The summed E-state index contributed by atoms with van der Waals surface area (Å²) in [7, 11) is 3.13. The van der Waals surface area contributed by atoms with Gasteiger partial charge in [0.1, 0.15) is 5.75 Å². The molecule has 33 heavy (non-hydrogen) atoms. The van der Waals surface area contributed by atoms with E-state index in [4.69, 9.17) is 26.8 Å². The number of halogens is 1. The van der Waals surface area contributed by atoms with Crippen LogP contribution in [-0.4, -0.2) is 83.9 Å². The van der Waals surface area contributed by atoms with Crippen LogP contribution in [0.15, 0.2) is 24.4 Å². The minimum absolute atomic E-state index is 0. The zero-order valence-electron chi connectivity index (χ0n) is 18.7. The molecule has 1 aliphatic heterocycles. The number of nitrogens with one attached hydrogen (secondary N) is 2. The average molecular weight is 483 g/mol. The number of nitrogen functional groups attached to an aromatic ring is 1. The van der Waals surface area contributed by atoms with Gasteiger partial charge in [0.2, 0.25) is 11.8 Å². The lowest BCUT2D eigenvalue weighted by molar-refractivity contribution is 0.00637. The summed E-state index contributed by atoms with van der Waals surface area (Å²) in [6.45, 7) is 3.06. The molecule has 2 heterocycles. The van der Waals surface area contributed by atoms with E-state index in [1.807, 2.05) is 0 Å². The van der Waals surface area contributed by atoms with Crippen molar-refractivity contribution in [3.05, 3.63) is 35.0 Å². The van der Waals surface area contributed by atoms with E-state index in [2.05, 4.69) is 25.5 Å². The van der Waals surface area contributed by atoms with Crippen molar-refractivity contribution in [1.29, 1.82) is 0 Å². The second-order valence-corrected chi connectivity index (χ2v) is 7.94. The summed E-state index contributed by atoms with van der Waals surface area (Å²) < 4.78 is 10.9. The molecule has 11 nitrogen and oxygen atoms in total. The topological polar surface area (TPSA) is 166 Å². The Labute approximate surface area is 197 Å². The molecular weight excluding hydrogens is 452 g/mol. The number of hydrogen-bond donors (Lipinski definition) is 4. The van der Waals surface area contributed by atoms with E-state index in [-0.39, 0.29) is 29.4 Å². The number of benzene rings is 1. The van der Waals surface area contributed by atoms with Gasteiger partial charge in [0, 0.05) is 45.1 Å². The first-order valence-corrected chi connectivity index (χ1v) is 10.7. The normalized spacial score (nSPS) is 18.3. The minimum Gasteiger partial charge on any atom is -0.496 e. The van der Waals surface area contributed by atoms with Crippen LogP contribution in [0.5, 0.6) is 11.6 Å². The lowest BCUT2D eigenvalue weighted by atomic mass is 10.0. The Balaban J connectivity index is 0.00000385. The minimum atomic E-state index is -0.278. The van der Waals surface area contributed by atoms with Crippen LogP contribution in [0.4, 0.5) is 11.6 Å². The van der Waals surface area contributed by atoms with Gasteiger partial charge in [-0.05, 0) is 25.5 Å². The van der Waals surface area contributed by atoms with Crippen molar-refractivity contribution in [3.63, 3.8) is 0 Å². The number of aromatic nitrogens is 2. The quantitative estimate of drug-likeness (QED) is 0.300. The fraction of sp³-hybridized carbons (Fsp3) is 0.476. The molecule has 0 bridgehead atoms. The van der Waals surface area contributed by atoms with Gasteiger partial charge in [-0.3, -0.25) is 4.79 Å². The first kappa shape index (κ1) is 26.4. The summed E-state index contributed by atoms with van der Waals surface area (Å²) in [5.41, 5.74) is 6.50. The lowest BCUT2D eigenvalue weighted by Gasteiger charge is -2.38. The molecule has 3 rings (SSSR count). The van der Waals surface area contributed by atoms with Gasteiger partial charge in [-0.15, -0.1) is 0 Å². The van der Waals surface area contributed by atoms with Gasteiger partial charge in [0.05, 0.1) is 35.5 Å². The van der Waals surface area contributed by atoms with E-state index >= 15 is 0 Å². The third-order valence-electron chi connectivity index (χ3n) is 5.40. The predicted molar refractivity (Wildman–Crippen MR) is 126 cm³/mol. The number of nitrogens with two attached hydrogens (primary N) is 1. The zero-order chi connectivity index (χ0) is 23.1. The van der Waals surface area contributed by atoms with Crippen molar-refractivity contribution in [2.75, 3.05) is 51.4 Å². The highest BCUT2D eigenvalue weighted by molar-refractivity contribution is 6.33. The van der Waals surface area contributed by atoms with Crippen molar-refractivity contribution in [2.24, 2.45) is 0 Å². The highest BCUT2D eigenvalue weighted by Gasteiger charge is 2.31. The standard InChI is InChI=1S/C21H29ClN6O4.H2O/c1-31-17-11-15(23)14(22)10-13(17)20(30)26-16-5-9-28(12-18(16)32-2)8-3-6-24-21-25-7-4-19(29)27-21;/h4,7,10-11,16,18H,3,5-6,8-9,12,23H2,1-2H3,(H,26,30)(H2,24,25,27,29);1H2/t16-,18+;/m0./s1. The summed E-state index contributed by atoms with van der Waals surface area (Å²) in [4.78, 5) is 23.1. The van der Waals surface area contributed by atoms with Crippen molar-refractivity contribution in [1.82, 2.24) is 20.2 Å². The molecular formula is C21H31ClN6O5. The number of methoxy groups -OCH3 is 2. The second kappa shape index (κ2) is 12.4. The van der Waals surface area contributed by atoms with Crippen molar-refractivity contribution < 1.29 is 24.9 Å². The molecule has 0 saturated carbocycles. The summed E-state index contributed by atoms with van der Waals surface area (Å²) in [6, 6.07) is 4.36. The van der Waals surface area contributed by atoms with Gasteiger partial charge >= 0.3 is 0 Å². The van der Waals surface area contributed by atoms with E-state index in [9.17, 15) is 9.90 Å². The molecule has 0 spiro atoms. The second-order valence-electron chi connectivity index (χ2n) is 7.54. The summed E-state index contributed by atoms with van der Waals surface area (Å²) in [5.74, 6) is 0.436. The molecule has 1 fully saturated rings. The van der Waals surface area contributed by atoms with Crippen LogP contribution in [0.25, 0.3) is 0 Å².